The lowest BCUT2D eigenvalue weighted by Crippen LogP contribution is -2.67. The molecule has 0 saturated carbocycles. The Bertz CT molecular complexity index is 352. The Morgan fingerprint density at radius 3 is 2.83 bits per heavy atom. The van der Waals surface area contributed by atoms with Gasteiger partial charge in [0.25, 0.3) is 0 Å². The number of rotatable bonds is 3. The minimum absolute atomic E-state index is 0.0315. The molecule has 1 N–H and O–H groups in total. The Balaban J connectivity index is 2.15. The Morgan fingerprint density at radius 1 is 1.56 bits per heavy atom. The number of nitrogens with zero attached hydrogens (tertiary/aromatic N) is 1. The van der Waals surface area contributed by atoms with Crippen LogP contribution in [0.1, 0.15) is 33.6 Å². The van der Waals surface area contributed by atoms with Gasteiger partial charge in [0.2, 0.25) is 11.8 Å². The predicted molar refractivity (Wildman–Crippen MR) is 66.9 cm³/mol. The van der Waals surface area contributed by atoms with Gasteiger partial charge in [-0.2, -0.15) is 0 Å². The first-order valence-corrected chi connectivity index (χ1v) is 6.68. The molecule has 2 aliphatic rings. The minimum atomic E-state index is -0.747. The van der Waals surface area contributed by atoms with Gasteiger partial charge in [-0.1, -0.05) is 6.92 Å². The summed E-state index contributed by atoms with van der Waals surface area (Å²) < 4.78 is 5.37. The van der Waals surface area contributed by atoms with Crippen LogP contribution < -0.4 is 5.32 Å². The number of carbonyl (C=O) groups excluding carboxylic acids is 2. The van der Waals surface area contributed by atoms with E-state index in [1.54, 1.807) is 11.8 Å². The monoisotopic (exact) mass is 254 g/mol. The second-order valence-corrected chi connectivity index (χ2v) is 5.53. The summed E-state index contributed by atoms with van der Waals surface area (Å²) in [6.07, 6.45) is 1.58. The van der Waals surface area contributed by atoms with Crippen LogP contribution >= 0.6 is 0 Å². The molecule has 2 fully saturated rings. The lowest BCUT2D eigenvalue weighted by atomic mass is 9.90. The van der Waals surface area contributed by atoms with Gasteiger partial charge in [-0.25, -0.2) is 0 Å². The van der Waals surface area contributed by atoms with Crippen LogP contribution in [0.2, 0.25) is 0 Å². The molecule has 2 heterocycles. The van der Waals surface area contributed by atoms with E-state index in [2.05, 4.69) is 5.32 Å². The van der Waals surface area contributed by atoms with Gasteiger partial charge >= 0.3 is 0 Å². The first-order valence-electron chi connectivity index (χ1n) is 6.68. The molecule has 0 aliphatic carbocycles. The summed E-state index contributed by atoms with van der Waals surface area (Å²) in [5.41, 5.74) is -0.747. The van der Waals surface area contributed by atoms with Crippen molar-refractivity contribution in [1.82, 2.24) is 10.2 Å². The van der Waals surface area contributed by atoms with E-state index in [4.69, 9.17) is 4.74 Å². The third-order valence-corrected chi connectivity index (χ3v) is 4.31. The van der Waals surface area contributed by atoms with Crippen molar-refractivity contribution in [3.63, 3.8) is 0 Å². The van der Waals surface area contributed by atoms with Gasteiger partial charge in [0, 0.05) is 18.6 Å². The summed E-state index contributed by atoms with van der Waals surface area (Å²) in [6, 6.07) is 0.0666. The lowest BCUT2D eigenvalue weighted by Gasteiger charge is -2.43. The summed E-state index contributed by atoms with van der Waals surface area (Å²) in [5.74, 6) is 0.315. The van der Waals surface area contributed by atoms with Crippen LogP contribution in [-0.2, 0) is 14.3 Å². The van der Waals surface area contributed by atoms with Crippen molar-refractivity contribution in [3.8, 4) is 0 Å². The maximum Gasteiger partial charge on any atom is 0.248 e. The van der Waals surface area contributed by atoms with Crippen LogP contribution in [0.25, 0.3) is 0 Å². The fraction of sp³-hybridized carbons (Fsp3) is 0.846. The van der Waals surface area contributed by atoms with Gasteiger partial charge in [-0.3, -0.25) is 9.59 Å². The van der Waals surface area contributed by atoms with Gasteiger partial charge in [0.1, 0.15) is 5.54 Å². The number of piperazine rings is 1. The number of hydrogen-bond donors (Lipinski definition) is 1. The predicted octanol–water partition coefficient (Wildman–Crippen LogP) is 0.538. The van der Waals surface area contributed by atoms with Crippen LogP contribution in [0.4, 0.5) is 0 Å². The average molecular weight is 254 g/mol. The molecule has 0 spiro atoms. The van der Waals surface area contributed by atoms with E-state index in [-0.39, 0.29) is 24.4 Å². The maximum atomic E-state index is 12.5. The molecule has 2 rings (SSSR count). The van der Waals surface area contributed by atoms with Gasteiger partial charge in [0.15, 0.2) is 0 Å². The zero-order chi connectivity index (χ0) is 13.3. The van der Waals surface area contributed by atoms with E-state index in [1.807, 2.05) is 13.8 Å². The molecule has 2 aliphatic heterocycles. The number of ether oxygens (including phenoxy) is 1. The Morgan fingerprint density at radius 2 is 2.28 bits per heavy atom. The topological polar surface area (TPSA) is 58.6 Å². The highest BCUT2D eigenvalue weighted by Gasteiger charge is 2.44. The summed E-state index contributed by atoms with van der Waals surface area (Å²) in [4.78, 5) is 26.0. The van der Waals surface area contributed by atoms with Crippen LogP contribution in [0.5, 0.6) is 0 Å². The standard InChI is InChI=1S/C13H22N2O3/c1-4-13(3)12(17)15(7-11(16)14-13)9(2)10-5-6-18-8-10/h9-10H,4-8H2,1-3H3,(H,14,16). The van der Waals surface area contributed by atoms with Crippen molar-refractivity contribution in [3.05, 3.63) is 0 Å². The molecule has 18 heavy (non-hydrogen) atoms. The van der Waals surface area contributed by atoms with Crippen LogP contribution in [0, 0.1) is 5.92 Å². The number of nitrogens with one attached hydrogen (secondary N) is 1. The van der Waals surface area contributed by atoms with Crippen molar-refractivity contribution in [2.75, 3.05) is 19.8 Å². The van der Waals surface area contributed by atoms with Crippen molar-refractivity contribution >= 4 is 11.8 Å². The van der Waals surface area contributed by atoms with Crippen LogP contribution in [-0.4, -0.2) is 48.1 Å². The number of carbonyl (C=O) groups is 2. The van der Waals surface area contributed by atoms with E-state index in [0.717, 1.165) is 13.0 Å². The molecule has 5 heteroatoms. The van der Waals surface area contributed by atoms with Crippen molar-refractivity contribution in [1.29, 1.82) is 0 Å². The number of amides is 2. The molecule has 0 aromatic carbocycles. The molecule has 3 unspecified atom stereocenters. The number of hydrogen-bond acceptors (Lipinski definition) is 3. The molecule has 0 bridgehead atoms. The fourth-order valence-electron chi connectivity index (χ4n) is 2.70. The van der Waals surface area contributed by atoms with Crippen LogP contribution in [0.15, 0.2) is 0 Å². The third kappa shape index (κ3) is 2.23. The smallest absolute Gasteiger partial charge is 0.248 e. The zero-order valence-electron chi connectivity index (χ0n) is 11.4. The van der Waals surface area contributed by atoms with E-state index in [1.165, 1.54) is 0 Å². The molecule has 2 amide bonds. The molecule has 3 atom stereocenters. The molecule has 0 aromatic heterocycles. The highest BCUT2D eigenvalue weighted by molar-refractivity contribution is 5.97. The molecule has 2 saturated heterocycles. The van der Waals surface area contributed by atoms with E-state index in [0.29, 0.717) is 18.9 Å². The first kappa shape index (κ1) is 13.3. The largest absolute Gasteiger partial charge is 0.381 e. The molecule has 0 radical (unpaired) electrons. The summed E-state index contributed by atoms with van der Waals surface area (Å²) in [5, 5.41) is 2.81. The third-order valence-electron chi connectivity index (χ3n) is 4.31. The zero-order valence-corrected chi connectivity index (χ0v) is 11.4. The average Bonchev–Trinajstić information content (AvgIpc) is 2.86. The second-order valence-electron chi connectivity index (χ2n) is 5.53. The fourth-order valence-corrected chi connectivity index (χ4v) is 2.70. The van der Waals surface area contributed by atoms with Gasteiger partial charge in [-0.15, -0.1) is 0 Å². The Labute approximate surface area is 108 Å². The van der Waals surface area contributed by atoms with Crippen molar-refractivity contribution in [2.24, 2.45) is 5.92 Å². The minimum Gasteiger partial charge on any atom is -0.381 e. The Kier molecular flexibility index (Phi) is 3.61. The summed E-state index contributed by atoms with van der Waals surface area (Å²) >= 11 is 0. The van der Waals surface area contributed by atoms with Gasteiger partial charge < -0.3 is 15.0 Å². The molecule has 102 valence electrons. The van der Waals surface area contributed by atoms with E-state index >= 15 is 0 Å². The van der Waals surface area contributed by atoms with Gasteiger partial charge in [-0.05, 0) is 26.7 Å². The molecular formula is C13H22N2O3. The highest BCUT2D eigenvalue weighted by Crippen LogP contribution is 2.26. The molecular weight excluding hydrogens is 232 g/mol. The van der Waals surface area contributed by atoms with Crippen LogP contribution in [0.3, 0.4) is 0 Å². The first-order chi connectivity index (χ1) is 8.48. The van der Waals surface area contributed by atoms with Crippen molar-refractivity contribution in [2.45, 2.75) is 45.2 Å². The highest BCUT2D eigenvalue weighted by atomic mass is 16.5. The molecule has 0 aromatic rings. The second kappa shape index (κ2) is 4.88. The van der Waals surface area contributed by atoms with Gasteiger partial charge in [0.05, 0.1) is 13.2 Å². The summed E-state index contributed by atoms with van der Waals surface area (Å²) in [6.45, 7) is 7.37. The quantitative estimate of drug-likeness (QED) is 0.799. The molecule has 5 nitrogen and oxygen atoms in total. The Hall–Kier alpha value is -1.10. The van der Waals surface area contributed by atoms with E-state index < -0.39 is 5.54 Å². The van der Waals surface area contributed by atoms with E-state index in [9.17, 15) is 9.59 Å². The van der Waals surface area contributed by atoms with Crippen molar-refractivity contribution < 1.29 is 14.3 Å². The lowest BCUT2D eigenvalue weighted by molar-refractivity contribution is -0.152. The normalized spacial score (nSPS) is 34.6. The maximum absolute atomic E-state index is 12.5. The SMILES string of the molecule is CCC1(C)NC(=O)CN(C(C)C2CCOC2)C1=O. The summed E-state index contributed by atoms with van der Waals surface area (Å²) in [7, 11) is 0.